The molecule has 1 aliphatic heterocycles. The highest BCUT2D eigenvalue weighted by molar-refractivity contribution is 5.83. The highest BCUT2D eigenvalue weighted by atomic mass is 16.2. The summed E-state index contributed by atoms with van der Waals surface area (Å²) in [5.41, 5.74) is 2.46. The van der Waals surface area contributed by atoms with E-state index in [1.54, 1.807) is 0 Å². The number of carbonyl (C=O) groups is 1. The van der Waals surface area contributed by atoms with Gasteiger partial charge in [-0.05, 0) is 30.9 Å². The molecule has 0 spiro atoms. The third-order valence-electron chi connectivity index (χ3n) is 5.49. The van der Waals surface area contributed by atoms with Crippen LogP contribution in [0.15, 0.2) is 60.7 Å². The van der Waals surface area contributed by atoms with Crippen LogP contribution < -0.4 is 5.32 Å². The van der Waals surface area contributed by atoms with Crippen LogP contribution in [-0.2, 0) is 4.79 Å². The third kappa shape index (κ3) is 4.53. The zero-order valence-electron chi connectivity index (χ0n) is 15.9. The van der Waals surface area contributed by atoms with Gasteiger partial charge in [-0.25, -0.2) is 0 Å². The number of benzene rings is 2. The molecule has 0 bridgehead atoms. The lowest BCUT2D eigenvalue weighted by Gasteiger charge is -2.25. The predicted molar refractivity (Wildman–Crippen MR) is 107 cm³/mol. The van der Waals surface area contributed by atoms with Crippen LogP contribution in [0.4, 0.5) is 0 Å². The van der Waals surface area contributed by atoms with Gasteiger partial charge in [0.05, 0.1) is 5.92 Å². The van der Waals surface area contributed by atoms with Crippen molar-refractivity contribution < 1.29 is 4.79 Å². The van der Waals surface area contributed by atoms with E-state index < -0.39 is 0 Å². The molecule has 2 aromatic rings. The van der Waals surface area contributed by atoms with Gasteiger partial charge in [-0.3, -0.25) is 9.69 Å². The van der Waals surface area contributed by atoms with Crippen LogP contribution in [0, 0.1) is 0 Å². The Kier molecular flexibility index (Phi) is 6.45. The Balaban J connectivity index is 1.59. The lowest BCUT2D eigenvalue weighted by molar-refractivity contribution is -0.123. The Labute approximate surface area is 157 Å². The van der Waals surface area contributed by atoms with Crippen LogP contribution in [-0.4, -0.2) is 29.9 Å². The van der Waals surface area contributed by atoms with E-state index in [4.69, 9.17) is 0 Å². The van der Waals surface area contributed by atoms with E-state index in [9.17, 15) is 4.79 Å². The summed E-state index contributed by atoms with van der Waals surface area (Å²) in [6.45, 7) is 6.35. The molecule has 1 N–H and O–H groups in total. The molecule has 1 aliphatic rings. The number of likely N-dealkylation sites (tertiary alicyclic amines) is 1. The first kappa shape index (κ1) is 18.7. The maximum absolute atomic E-state index is 12.9. The Hall–Kier alpha value is -2.13. The van der Waals surface area contributed by atoms with Crippen molar-refractivity contribution in [1.82, 2.24) is 10.2 Å². The lowest BCUT2D eigenvalue weighted by Crippen LogP contribution is -2.40. The molecule has 26 heavy (non-hydrogen) atoms. The lowest BCUT2D eigenvalue weighted by atomic mass is 9.93. The fourth-order valence-electron chi connectivity index (χ4n) is 3.92. The van der Waals surface area contributed by atoms with Crippen molar-refractivity contribution in [3.05, 3.63) is 71.8 Å². The van der Waals surface area contributed by atoms with Gasteiger partial charge < -0.3 is 5.32 Å². The molecule has 1 fully saturated rings. The standard InChI is InChI=1S/C23H30N2O/c1-3-10-22(20-13-8-5-9-14-20)23(26)24-21-15-16-25(17-21)18(2)19-11-6-4-7-12-19/h4-9,11-14,18,21-22H,3,10,15-17H2,1-2H3,(H,24,26). The molecule has 3 unspecified atom stereocenters. The second-order valence-electron chi connectivity index (χ2n) is 7.33. The second kappa shape index (κ2) is 9.00. The van der Waals surface area contributed by atoms with Crippen LogP contribution in [0.25, 0.3) is 0 Å². The summed E-state index contributed by atoms with van der Waals surface area (Å²) in [7, 11) is 0. The molecule has 0 saturated carbocycles. The van der Waals surface area contributed by atoms with Gasteiger partial charge in [-0.2, -0.15) is 0 Å². The van der Waals surface area contributed by atoms with Gasteiger partial charge in [0.15, 0.2) is 0 Å². The summed E-state index contributed by atoms with van der Waals surface area (Å²) >= 11 is 0. The van der Waals surface area contributed by atoms with Gasteiger partial charge in [0.2, 0.25) is 5.91 Å². The summed E-state index contributed by atoms with van der Waals surface area (Å²) in [5, 5.41) is 3.32. The molecule has 3 nitrogen and oxygen atoms in total. The SMILES string of the molecule is CCCC(C(=O)NC1CCN(C(C)c2ccccc2)C1)c1ccccc1. The highest BCUT2D eigenvalue weighted by Gasteiger charge is 2.29. The van der Waals surface area contributed by atoms with Gasteiger partial charge in [0.25, 0.3) is 0 Å². The minimum Gasteiger partial charge on any atom is -0.352 e. The fourth-order valence-corrected chi connectivity index (χ4v) is 3.92. The maximum atomic E-state index is 12.9. The fraction of sp³-hybridized carbons (Fsp3) is 0.435. The first-order valence-corrected chi connectivity index (χ1v) is 9.83. The summed E-state index contributed by atoms with van der Waals surface area (Å²) < 4.78 is 0. The molecule has 0 aromatic heterocycles. The number of hydrogen-bond acceptors (Lipinski definition) is 2. The first-order valence-electron chi connectivity index (χ1n) is 9.83. The molecule has 1 amide bonds. The number of amides is 1. The van der Waals surface area contributed by atoms with E-state index in [0.29, 0.717) is 6.04 Å². The van der Waals surface area contributed by atoms with Crippen LogP contribution in [0.5, 0.6) is 0 Å². The van der Waals surface area contributed by atoms with Gasteiger partial charge in [0.1, 0.15) is 0 Å². The van der Waals surface area contributed by atoms with Crippen LogP contribution >= 0.6 is 0 Å². The van der Waals surface area contributed by atoms with E-state index >= 15 is 0 Å². The van der Waals surface area contributed by atoms with Crippen LogP contribution in [0.3, 0.4) is 0 Å². The third-order valence-corrected chi connectivity index (χ3v) is 5.49. The quantitative estimate of drug-likeness (QED) is 0.796. The highest BCUT2D eigenvalue weighted by Crippen LogP contribution is 2.26. The van der Waals surface area contributed by atoms with Gasteiger partial charge in [-0.15, -0.1) is 0 Å². The number of hydrogen-bond donors (Lipinski definition) is 1. The average Bonchev–Trinajstić information content (AvgIpc) is 3.15. The van der Waals surface area contributed by atoms with E-state index in [1.165, 1.54) is 5.56 Å². The van der Waals surface area contributed by atoms with Crippen molar-refractivity contribution in [2.45, 2.75) is 51.1 Å². The Bertz CT molecular complexity index is 686. The Morgan fingerprint density at radius 2 is 1.69 bits per heavy atom. The number of nitrogens with zero attached hydrogens (tertiary/aromatic N) is 1. The van der Waals surface area contributed by atoms with Crippen molar-refractivity contribution in [1.29, 1.82) is 0 Å². The molecule has 1 saturated heterocycles. The van der Waals surface area contributed by atoms with Crippen molar-refractivity contribution in [3.8, 4) is 0 Å². The second-order valence-corrected chi connectivity index (χ2v) is 7.33. The minimum absolute atomic E-state index is 0.0400. The number of nitrogens with one attached hydrogen (secondary N) is 1. The monoisotopic (exact) mass is 350 g/mol. The van der Waals surface area contributed by atoms with Crippen LogP contribution in [0.1, 0.15) is 56.2 Å². The van der Waals surface area contributed by atoms with Crippen molar-refractivity contribution in [3.63, 3.8) is 0 Å². The maximum Gasteiger partial charge on any atom is 0.227 e. The molecule has 0 radical (unpaired) electrons. The number of carbonyl (C=O) groups excluding carboxylic acids is 1. The zero-order chi connectivity index (χ0) is 18.4. The zero-order valence-corrected chi connectivity index (χ0v) is 15.9. The molecule has 138 valence electrons. The minimum atomic E-state index is -0.0400. The molecule has 1 heterocycles. The number of rotatable bonds is 7. The molecule has 3 atom stereocenters. The van der Waals surface area contributed by atoms with Gasteiger partial charge >= 0.3 is 0 Å². The van der Waals surface area contributed by atoms with Gasteiger partial charge in [-0.1, -0.05) is 74.0 Å². The van der Waals surface area contributed by atoms with E-state index in [2.05, 4.69) is 66.5 Å². The topological polar surface area (TPSA) is 32.3 Å². The predicted octanol–water partition coefficient (Wildman–Crippen LogP) is 4.52. The first-order chi connectivity index (χ1) is 12.7. The van der Waals surface area contributed by atoms with E-state index in [0.717, 1.165) is 37.9 Å². The van der Waals surface area contributed by atoms with Crippen molar-refractivity contribution in [2.24, 2.45) is 0 Å². The molecule has 0 aliphatic carbocycles. The van der Waals surface area contributed by atoms with E-state index in [1.807, 2.05) is 18.2 Å². The molecular formula is C23H30N2O. The molecule has 3 rings (SSSR count). The normalized spacial score (nSPS) is 19.8. The average molecular weight is 351 g/mol. The Morgan fingerprint density at radius 1 is 1.08 bits per heavy atom. The summed E-state index contributed by atoms with van der Waals surface area (Å²) in [6.07, 6.45) is 2.93. The summed E-state index contributed by atoms with van der Waals surface area (Å²) in [6, 6.07) is 21.4. The molecule has 2 aromatic carbocycles. The molecular weight excluding hydrogens is 320 g/mol. The van der Waals surface area contributed by atoms with Crippen molar-refractivity contribution in [2.75, 3.05) is 13.1 Å². The van der Waals surface area contributed by atoms with Gasteiger partial charge in [0, 0.05) is 25.2 Å². The molecule has 3 heteroatoms. The summed E-state index contributed by atoms with van der Waals surface area (Å²) in [4.78, 5) is 15.4. The largest absolute Gasteiger partial charge is 0.352 e. The van der Waals surface area contributed by atoms with Crippen molar-refractivity contribution >= 4 is 5.91 Å². The summed E-state index contributed by atoms with van der Waals surface area (Å²) in [5.74, 6) is 0.138. The smallest absolute Gasteiger partial charge is 0.227 e. The van der Waals surface area contributed by atoms with Crippen LogP contribution in [0.2, 0.25) is 0 Å². The van der Waals surface area contributed by atoms with E-state index in [-0.39, 0.29) is 17.9 Å². The Morgan fingerprint density at radius 3 is 2.31 bits per heavy atom.